The van der Waals surface area contributed by atoms with Gasteiger partial charge in [0.15, 0.2) is 5.69 Å². The molecule has 2 heterocycles. The Kier molecular flexibility index (Phi) is 5.39. The Hall–Kier alpha value is -4.52. The van der Waals surface area contributed by atoms with Crippen molar-refractivity contribution in [2.24, 2.45) is 10.2 Å². The lowest BCUT2D eigenvalue weighted by Gasteiger charge is -1.97. The van der Waals surface area contributed by atoms with Gasteiger partial charge in [-0.1, -0.05) is 12.1 Å². The van der Waals surface area contributed by atoms with Crippen LogP contribution in [0.3, 0.4) is 0 Å². The molecule has 0 atom stereocenters. The highest BCUT2D eigenvalue weighted by Crippen LogP contribution is 2.27. The fraction of sp³-hybridized carbons (Fsp3) is 0.0526. The minimum absolute atomic E-state index is 0.0566. The number of aromatic amines is 1. The number of hydrogen-bond donors (Lipinski definition) is 1. The molecule has 0 aliphatic rings. The summed E-state index contributed by atoms with van der Waals surface area (Å²) in [7, 11) is 0. The number of thiazole rings is 1. The van der Waals surface area contributed by atoms with Gasteiger partial charge < -0.3 is 0 Å². The molecule has 0 amide bonds. The van der Waals surface area contributed by atoms with Crippen molar-refractivity contribution < 1.29 is 9.85 Å². The zero-order valence-corrected chi connectivity index (χ0v) is 17.1. The van der Waals surface area contributed by atoms with E-state index in [0.717, 1.165) is 0 Å². The molecule has 0 saturated heterocycles. The fourth-order valence-electron chi connectivity index (χ4n) is 2.82. The number of rotatable bonds is 6. The van der Waals surface area contributed by atoms with Gasteiger partial charge in [0.1, 0.15) is 0 Å². The average Bonchev–Trinajstić information content (AvgIpc) is 3.37. The number of nitro groups is 2. The number of aromatic nitrogens is 3. The van der Waals surface area contributed by atoms with Crippen LogP contribution in [-0.2, 0) is 0 Å². The largest absolute Gasteiger partial charge is 0.301 e. The molecule has 0 bridgehead atoms. The number of aryl methyl sites for hydroxylation is 1. The van der Waals surface area contributed by atoms with Crippen molar-refractivity contribution in [1.29, 1.82) is 0 Å². The van der Waals surface area contributed by atoms with E-state index in [1.165, 1.54) is 52.4 Å². The van der Waals surface area contributed by atoms with E-state index in [-0.39, 0.29) is 17.1 Å². The van der Waals surface area contributed by atoms with E-state index in [4.69, 9.17) is 0 Å². The molecule has 2 aromatic heterocycles. The van der Waals surface area contributed by atoms with Crippen LogP contribution in [0.1, 0.15) is 5.69 Å². The van der Waals surface area contributed by atoms with E-state index in [2.05, 4.69) is 20.3 Å². The van der Waals surface area contributed by atoms with Crippen LogP contribution < -0.4 is 5.56 Å². The summed E-state index contributed by atoms with van der Waals surface area (Å²) >= 11 is 1.18. The van der Waals surface area contributed by atoms with Crippen LogP contribution in [0.5, 0.6) is 0 Å². The van der Waals surface area contributed by atoms with Gasteiger partial charge in [-0.25, -0.2) is 4.98 Å². The highest BCUT2D eigenvalue weighted by molar-refractivity contribution is 7.12. The summed E-state index contributed by atoms with van der Waals surface area (Å²) in [6.45, 7) is 1.65. The zero-order chi connectivity index (χ0) is 22.8. The first-order chi connectivity index (χ1) is 15.3. The highest BCUT2D eigenvalue weighted by atomic mass is 32.1. The van der Waals surface area contributed by atoms with Crippen LogP contribution in [0, 0.1) is 27.2 Å². The lowest BCUT2D eigenvalue weighted by Crippen LogP contribution is -2.13. The van der Waals surface area contributed by atoms with Crippen molar-refractivity contribution in [3.05, 3.63) is 90.2 Å². The molecule has 2 aromatic carbocycles. The van der Waals surface area contributed by atoms with Gasteiger partial charge in [0.05, 0.1) is 26.9 Å². The predicted octanol–water partition coefficient (Wildman–Crippen LogP) is 4.83. The third-order valence-corrected chi connectivity index (χ3v) is 5.23. The lowest BCUT2D eigenvalue weighted by molar-refractivity contribution is -0.385. The number of hydrogen-bond acceptors (Lipinski definition) is 9. The van der Waals surface area contributed by atoms with Gasteiger partial charge in [0.25, 0.3) is 11.4 Å². The first-order valence-electron chi connectivity index (χ1n) is 9.02. The summed E-state index contributed by atoms with van der Waals surface area (Å²) in [5.74, 6) is 0. The number of non-ortho nitro benzene ring substituents is 2. The van der Waals surface area contributed by atoms with Gasteiger partial charge >= 0.3 is 5.56 Å². The minimum Gasteiger partial charge on any atom is -0.291 e. The number of azo groups is 1. The summed E-state index contributed by atoms with van der Waals surface area (Å²) in [6.07, 6.45) is 0. The smallest absolute Gasteiger partial charge is 0.291 e. The zero-order valence-electron chi connectivity index (χ0n) is 16.3. The first-order valence-corrected chi connectivity index (χ1v) is 9.90. The average molecular weight is 451 g/mol. The second-order valence-electron chi connectivity index (χ2n) is 6.52. The van der Waals surface area contributed by atoms with Crippen molar-refractivity contribution in [2.45, 2.75) is 6.92 Å². The minimum atomic E-state index is -0.522. The maximum atomic E-state index is 12.8. The molecular formula is C19H13N7O5S. The fourth-order valence-corrected chi connectivity index (χ4v) is 3.61. The molecule has 160 valence electrons. The summed E-state index contributed by atoms with van der Waals surface area (Å²) in [5, 5.41) is 34.6. The van der Waals surface area contributed by atoms with Crippen LogP contribution in [0.15, 0.2) is 68.9 Å². The maximum absolute atomic E-state index is 12.8. The second kappa shape index (κ2) is 8.31. The third kappa shape index (κ3) is 4.04. The van der Waals surface area contributed by atoms with Crippen molar-refractivity contribution in [1.82, 2.24) is 14.8 Å². The topological polar surface area (TPSA) is 162 Å². The Morgan fingerprint density at radius 2 is 1.75 bits per heavy atom. The number of nitrogens with one attached hydrogen (secondary N) is 1. The summed E-state index contributed by atoms with van der Waals surface area (Å²) < 4.78 is 1.21. The van der Waals surface area contributed by atoms with Crippen molar-refractivity contribution in [2.75, 3.05) is 0 Å². The predicted molar refractivity (Wildman–Crippen MR) is 116 cm³/mol. The van der Waals surface area contributed by atoms with Crippen LogP contribution in [0.25, 0.3) is 16.4 Å². The van der Waals surface area contributed by atoms with Gasteiger partial charge in [-0.2, -0.15) is 9.80 Å². The molecule has 12 nitrogen and oxygen atoms in total. The van der Waals surface area contributed by atoms with Crippen molar-refractivity contribution in [3.8, 4) is 16.4 Å². The molecule has 0 unspecified atom stereocenters. The van der Waals surface area contributed by atoms with Crippen LogP contribution in [-0.4, -0.2) is 24.6 Å². The number of benzene rings is 2. The summed E-state index contributed by atoms with van der Waals surface area (Å²) in [4.78, 5) is 37.9. The van der Waals surface area contributed by atoms with Gasteiger partial charge in [0, 0.05) is 35.2 Å². The van der Waals surface area contributed by atoms with E-state index >= 15 is 0 Å². The van der Waals surface area contributed by atoms with E-state index < -0.39 is 15.4 Å². The van der Waals surface area contributed by atoms with Crippen molar-refractivity contribution in [3.63, 3.8) is 0 Å². The molecule has 1 N–H and O–H groups in total. The quantitative estimate of drug-likeness (QED) is 0.251. The Bertz CT molecular complexity index is 1420. The molecule has 0 saturated carbocycles. The van der Waals surface area contributed by atoms with Crippen molar-refractivity contribution >= 4 is 34.1 Å². The Balaban J connectivity index is 1.62. The van der Waals surface area contributed by atoms with Crippen LogP contribution in [0.2, 0.25) is 0 Å². The van der Waals surface area contributed by atoms with Gasteiger partial charge in [0.2, 0.25) is 5.13 Å². The first kappa shape index (κ1) is 20.7. The van der Waals surface area contributed by atoms with Gasteiger partial charge in [-0.05, 0) is 19.1 Å². The molecule has 0 radical (unpaired) electrons. The Morgan fingerprint density at radius 1 is 1.03 bits per heavy atom. The molecule has 4 rings (SSSR count). The van der Waals surface area contributed by atoms with E-state index in [9.17, 15) is 25.0 Å². The Morgan fingerprint density at radius 3 is 2.44 bits per heavy atom. The van der Waals surface area contributed by atoms with Crippen LogP contribution >= 0.6 is 11.3 Å². The molecule has 0 fully saturated rings. The maximum Gasteiger partial charge on any atom is 0.301 e. The van der Waals surface area contributed by atoms with Gasteiger partial charge in [-0.15, -0.1) is 16.5 Å². The van der Waals surface area contributed by atoms with E-state index in [0.29, 0.717) is 27.8 Å². The van der Waals surface area contributed by atoms with Crippen LogP contribution in [0.4, 0.5) is 22.7 Å². The normalized spacial score (nSPS) is 11.2. The molecule has 4 aromatic rings. The summed E-state index contributed by atoms with van der Waals surface area (Å²) in [5.41, 5.74) is 1.30. The van der Waals surface area contributed by atoms with E-state index in [1.807, 2.05) is 0 Å². The highest BCUT2D eigenvalue weighted by Gasteiger charge is 2.16. The Labute approximate surface area is 182 Å². The monoisotopic (exact) mass is 451 g/mol. The SMILES string of the molecule is Cc1[nH]n(-c2nc(-c3cccc([N+](=O)[O-])c3)cs2)c(=O)c1N=Nc1ccc([N+](=O)[O-])cc1. The number of nitro benzene ring substituents is 2. The third-order valence-electron chi connectivity index (χ3n) is 4.40. The molecule has 32 heavy (non-hydrogen) atoms. The number of nitrogens with zero attached hydrogens (tertiary/aromatic N) is 6. The number of H-pyrrole nitrogens is 1. The standard InChI is InChI=1S/C19H13N7O5S/c1-11-17(22-21-13-5-7-14(8-6-13)25(28)29)18(27)24(23-11)19-20-16(10-32-19)12-3-2-4-15(9-12)26(30)31/h2-10,23H,1H3. The molecule has 0 aliphatic heterocycles. The molecule has 0 spiro atoms. The molecular weight excluding hydrogens is 438 g/mol. The summed E-state index contributed by atoms with van der Waals surface area (Å²) in [6, 6.07) is 11.5. The molecule has 0 aliphatic carbocycles. The molecule has 13 heteroatoms. The van der Waals surface area contributed by atoms with E-state index in [1.54, 1.807) is 24.4 Å². The second-order valence-corrected chi connectivity index (χ2v) is 7.36. The van der Waals surface area contributed by atoms with Gasteiger partial charge in [-0.3, -0.25) is 30.1 Å². The lowest BCUT2D eigenvalue weighted by atomic mass is 10.1.